The molecule has 2 aromatic carbocycles. The Morgan fingerprint density at radius 2 is 2.03 bits per heavy atom. The van der Waals surface area contributed by atoms with Crippen LogP contribution in [0.25, 0.3) is 11.5 Å². The van der Waals surface area contributed by atoms with Crippen LogP contribution < -0.4 is 10.2 Å². The predicted molar refractivity (Wildman–Crippen MR) is 109 cm³/mol. The van der Waals surface area contributed by atoms with Crippen molar-refractivity contribution in [1.29, 1.82) is 0 Å². The number of amides is 2. The molecule has 1 fully saturated rings. The van der Waals surface area contributed by atoms with Crippen molar-refractivity contribution >= 4 is 23.2 Å². The van der Waals surface area contributed by atoms with Gasteiger partial charge in [0.2, 0.25) is 11.8 Å². The van der Waals surface area contributed by atoms with Gasteiger partial charge >= 0.3 is 0 Å². The topological polar surface area (TPSA) is 88.3 Å². The molecule has 1 saturated heterocycles. The maximum Gasteiger partial charge on any atom is 0.257 e. The van der Waals surface area contributed by atoms with Gasteiger partial charge in [-0.2, -0.15) is 4.98 Å². The van der Waals surface area contributed by atoms with E-state index in [1.807, 2.05) is 50.2 Å². The van der Waals surface area contributed by atoms with Gasteiger partial charge in [-0.15, -0.1) is 0 Å². The van der Waals surface area contributed by atoms with Crippen molar-refractivity contribution in [3.05, 3.63) is 59.9 Å². The average Bonchev–Trinajstić information content (AvgIpc) is 3.35. The normalized spacial score (nSPS) is 16.3. The number of carbonyl (C=O) groups is 2. The van der Waals surface area contributed by atoms with Crippen molar-refractivity contribution in [1.82, 2.24) is 10.1 Å². The molecule has 3 aromatic rings. The highest BCUT2D eigenvalue weighted by molar-refractivity contribution is 6.03. The Balaban J connectivity index is 1.41. The highest BCUT2D eigenvalue weighted by atomic mass is 16.5. The van der Waals surface area contributed by atoms with Gasteiger partial charge in [-0.05, 0) is 48.9 Å². The molecule has 2 heterocycles. The van der Waals surface area contributed by atoms with Gasteiger partial charge in [0.15, 0.2) is 5.82 Å². The minimum absolute atomic E-state index is 0.0331. The SMILES string of the molecule is CCc1noc(-c2ccc(NC(=O)[C@@H]3CC(=O)N(c4cccc(C)c4)C3)cc2)n1. The highest BCUT2D eigenvalue weighted by Gasteiger charge is 2.35. The Kier molecular flexibility index (Phi) is 5.12. The first-order valence-electron chi connectivity index (χ1n) is 9.64. The molecular formula is C22H22N4O3. The molecule has 2 amide bonds. The number of aryl methyl sites for hydroxylation is 2. The zero-order valence-corrected chi connectivity index (χ0v) is 16.4. The van der Waals surface area contributed by atoms with Gasteiger partial charge in [0.1, 0.15) is 0 Å². The third-order valence-corrected chi connectivity index (χ3v) is 4.99. The second kappa shape index (κ2) is 7.87. The molecule has 0 bridgehead atoms. The summed E-state index contributed by atoms with van der Waals surface area (Å²) in [6, 6.07) is 15.0. The fourth-order valence-corrected chi connectivity index (χ4v) is 3.38. The van der Waals surface area contributed by atoms with Crippen LogP contribution >= 0.6 is 0 Å². The van der Waals surface area contributed by atoms with Crippen molar-refractivity contribution < 1.29 is 14.1 Å². The molecule has 0 unspecified atom stereocenters. The van der Waals surface area contributed by atoms with Crippen LogP contribution in [-0.4, -0.2) is 28.5 Å². The predicted octanol–water partition coefficient (Wildman–Crippen LogP) is 3.60. The smallest absolute Gasteiger partial charge is 0.257 e. The first-order valence-corrected chi connectivity index (χ1v) is 9.64. The molecule has 1 aliphatic rings. The maximum atomic E-state index is 12.7. The lowest BCUT2D eigenvalue weighted by molar-refractivity contribution is -0.122. The number of rotatable bonds is 5. The second-order valence-electron chi connectivity index (χ2n) is 7.18. The standard InChI is InChI=1S/C22H22N4O3/c1-3-19-24-22(29-25-19)15-7-9-17(10-8-15)23-21(28)16-12-20(27)26(13-16)18-6-4-5-14(2)11-18/h4-11,16H,3,12-13H2,1-2H3,(H,23,28)/t16-/m1/s1. The fourth-order valence-electron chi connectivity index (χ4n) is 3.38. The fraction of sp³-hybridized carbons (Fsp3) is 0.273. The summed E-state index contributed by atoms with van der Waals surface area (Å²) >= 11 is 0. The number of hydrogen-bond acceptors (Lipinski definition) is 5. The maximum absolute atomic E-state index is 12.7. The summed E-state index contributed by atoms with van der Waals surface area (Å²) in [7, 11) is 0. The molecule has 0 radical (unpaired) electrons. The summed E-state index contributed by atoms with van der Waals surface area (Å²) in [5, 5.41) is 6.78. The van der Waals surface area contributed by atoms with Gasteiger partial charge < -0.3 is 14.7 Å². The van der Waals surface area contributed by atoms with E-state index in [1.165, 1.54) is 0 Å². The van der Waals surface area contributed by atoms with Gasteiger partial charge in [-0.25, -0.2) is 0 Å². The van der Waals surface area contributed by atoms with E-state index in [4.69, 9.17) is 4.52 Å². The summed E-state index contributed by atoms with van der Waals surface area (Å²) in [5.41, 5.74) is 3.36. The van der Waals surface area contributed by atoms with E-state index in [0.717, 1.165) is 16.8 Å². The van der Waals surface area contributed by atoms with Crippen LogP contribution in [0.4, 0.5) is 11.4 Å². The molecule has 7 heteroatoms. The summed E-state index contributed by atoms with van der Waals surface area (Å²) in [6.07, 6.45) is 0.914. The zero-order chi connectivity index (χ0) is 20.4. The number of carbonyl (C=O) groups excluding carboxylic acids is 2. The lowest BCUT2D eigenvalue weighted by Crippen LogP contribution is -2.28. The Bertz CT molecular complexity index is 1040. The van der Waals surface area contributed by atoms with Crippen LogP contribution in [0.15, 0.2) is 53.1 Å². The monoisotopic (exact) mass is 390 g/mol. The average molecular weight is 390 g/mol. The van der Waals surface area contributed by atoms with E-state index in [2.05, 4.69) is 15.5 Å². The molecule has 148 valence electrons. The summed E-state index contributed by atoms with van der Waals surface area (Å²) in [5.74, 6) is 0.531. The third-order valence-electron chi connectivity index (χ3n) is 4.99. The summed E-state index contributed by atoms with van der Waals surface area (Å²) in [6.45, 7) is 4.32. The lowest BCUT2D eigenvalue weighted by Gasteiger charge is -2.17. The molecule has 29 heavy (non-hydrogen) atoms. The molecule has 1 aromatic heterocycles. The van der Waals surface area contributed by atoms with Crippen molar-refractivity contribution in [2.75, 3.05) is 16.8 Å². The van der Waals surface area contributed by atoms with E-state index in [-0.39, 0.29) is 24.2 Å². The van der Waals surface area contributed by atoms with Crippen molar-refractivity contribution in [2.45, 2.75) is 26.7 Å². The summed E-state index contributed by atoms with van der Waals surface area (Å²) < 4.78 is 5.23. The summed E-state index contributed by atoms with van der Waals surface area (Å²) in [4.78, 5) is 31.1. The van der Waals surface area contributed by atoms with Gasteiger partial charge in [-0.3, -0.25) is 9.59 Å². The van der Waals surface area contributed by atoms with Crippen LogP contribution in [0.5, 0.6) is 0 Å². The lowest BCUT2D eigenvalue weighted by atomic mass is 10.1. The Morgan fingerprint density at radius 1 is 1.24 bits per heavy atom. The number of benzene rings is 2. The van der Waals surface area contributed by atoms with Gasteiger partial charge in [-0.1, -0.05) is 24.2 Å². The van der Waals surface area contributed by atoms with Crippen molar-refractivity contribution in [3.8, 4) is 11.5 Å². The molecular weight excluding hydrogens is 368 g/mol. The van der Waals surface area contributed by atoms with Gasteiger partial charge in [0.05, 0.1) is 5.92 Å². The Hall–Kier alpha value is -3.48. The van der Waals surface area contributed by atoms with Crippen molar-refractivity contribution in [3.63, 3.8) is 0 Å². The molecule has 7 nitrogen and oxygen atoms in total. The minimum Gasteiger partial charge on any atom is -0.334 e. The van der Waals surface area contributed by atoms with E-state index >= 15 is 0 Å². The number of hydrogen-bond donors (Lipinski definition) is 1. The zero-order valence-electron chi connectivity index (χ0n) is 16.4. The molecule has 1 aliphatic heterocycles. The van der Waals surface area contributed by atoms with E-state index in [0.29, 0.717) is 30.4 Å². The highest BCUT2D eigenvalue weighted by Crippen LogP contribution is 2.27. The molecule has 0 saturated carbocycles. The number of nitrogens with zero attached hydrogens (tertiary/aromatic N) is 3. The Labute approximate surface area is 168 Å². The largest absolute Gasteiger partial charge is 0.334 e. The van der Waals surface area contributed by atoms with E-state index < -0.39 is 0 Å². The van der Waals surface area contributed by atoms with Crippen LogP contribution in [0.1, 0.15) is 24.7 Å². The molecule has 1 N–H and O–H groups in total. The van der Waals surface area contributed by atoms with Gasteiger partial charge in [0.25, 0.3) is 5.89 Å². The first-order chi connectivity index (χ1) is 14.0. The van der Waals surface area contributed by atoms with Crippen molar-refractivity contribution in [2.24, 2.45) is 5.92 Å². The van der Waals surface area contributed by atoms with Crippen LogP contribution in [0, 0.1) is 12.8 Å². The van der Waals surface area contributed by atoms with Crippen LogP contribution in [-0.2, 0) is 16.0 Å². The molecule has 0 spiro atoms. The number of anilines is 2. The first kappa shape index (κ1) is 18.9. The second-order valence-corrected chi connectivity index (χ2v) is 7.18. The minimum atomic E-state index is -0.384. The van der Waals surface area contributed by atoms with E-state index in [1.54, 1.807) is 17.0 Å². The number of aromatic nitrogens is 2. The molecule has 1 atom stereocenters. The molecule has 4 rings (SSSR count). The van der Waals surface area contributed by atoms with E-state index in [9.17, 15) is 9.59 Å². The van der Waals surface area contributed by atoms with Crippen LogP contribution in [0.3, 0.4) is 0 Å². The van der Waals surface area contributed by atoms with Crippen LogP contribution in [0.2, 0.25) is 0 Å². The quantitative estimate of drug-likeness (QED) is 0.719. The number of nitrogens with one attached hydrogen (secondary N) is 1. The van der Waals surface area contributed by atoms with Gasteiger partial charge in [0, 0.05) is 36.3 Å². The molecule has 0 aliphatic carbocycles. The Morgan fingerprint density at radius 3 is 2.72 bits per heavy atom. The third kappa shape index (κ3) is 4.03.